The van der Waals surface area contributed by atoms with Crippen molar-refractivity contribution in [2.24, 2.45) is 5.92 Å². The van der Waals surface area contributed by atoms with Crippen LogP contribution in [0.2, 0.25) is 0 Å². The highest BCUT2D eigenvalue weighted by Gasteiger charge is 2.48. The predicted molar refractivity (Wildman–Crippen MR) is 100 cm³/mol. The first kappa shape index (κ1) is 21.1. The van der Waals surface area contributed by atoms with Crippen molar-refractivity contribution in [2.75, 3.05) is 16.0 Å². The fourth-order valence-corrected chi connectivity index (χ4v) is 3.70. The standard InChI is InChI=1S/C17H19F3N6O2S/c1-10(2)8-25-16(22-23-24-25)29-9-15(28)26-12-6-4-3-5-11(12)21-14(27)7-13(26)17(18,19)20/h3-6,10,13H,7-9H2,1-2H3,(H,21,27). The molecule has 2 amide bonds. The van der Waals surface area contributed by atoms with Gasteiger partial charge in [0.15, 0.2) is 0 Å². The second-order valence-electron chi connectivity index (χ2n) is 6.92. The lowest BCUT2D eigenvalue weighted by Gasteiger charge is -2.31. The molecule has 156 valence electrons. The van der Waals surface area contributed by atoms with Crippen molar-refractivity contribution in [1.29, 1.82) is 0 Å². The van der Waals surface area contributed by atoms with E-state index in [0.717, 1.165) is 11.8 Å². The highest BCUT2D eigenvalue weighted by Crippen LogP contribution is 2.38. The van der Waals surface area contributed by atoms with Gasteiger partial charge in [-0.2, -0.15) is 13.2 Å². The Labute approximate surface area is 168 Å². The van der Waals surface area contributed by atoms with Crippen LogP contribution in [0.15, 0.2) is 29.4 Å². The molecule has 0 spiro atoms. The third-order valence-corrected chi connectivity index (χ3v) is 5.08. The molecule has 8 nitrogen and oxygen atoms in total. The van der Waals surface area contributed by atoms with Gasteiger partial charge in [0, 0.05) is 6.54 Å². The summed E-state index contributed by atoms with van der Waals surface area (Å²) in [4.78, 5) is 25.5. The van der Waals surface area contributed by atoms with Crippen molar-refractivity contribution in [3.63, 3.8) is 0 Å². The number of fused-ring (bicyclic) bond motifs is 1. The number of hydrogen-bond acceptors (Lipinski definition) is 6. The van der Waals surface area contributed by atoms with Crippen LogP contribution in [0.4, 0.5) is 24.5 Å². The molecule has 0 bridgehead atoms. The maximum absolute atomic E-state index is 13.7. The zero-order chi connectivity index (χ0) is 21.2. The molecular formula is C17H19F3N6O2S. The minimum absolute atomic E-state index is 0.00745. The summed E-state index contributed by atoms with van der Waals surface area (Å²) in [6, 6.07) is 3.67. The van der Waals surface area contributed by atoms with Crippen LogP contribution >= 0.6 is 11.8 Å². The maximum Gasteiger partial charge on any atom is 0.409 e. The lowest BCUT2D eigenvalue weighted by molar-refractivity contribution is -0.157. The van der Waals surface area contributed by atoms with Gasteiger partial charge in [-0.1, -0.05) is 37.7 Å². The second kappa shape index (κ2) is 8.39. The molecule has 1 unspecified atom stereocenters. The number of alkyl halides is 3. The molecule has 0 saturated carbocycles. The summed E-state index contributed by atoms with van der Waals surface area (Å²) in [5.41, 5.74) is 0.167. The van der Waals surface area contributed by atoms with Crippen molar-refractivity contribution < 1.29 is 22.8 Å². The van der Waals surface area contributed by atoms with E-state index in [9.17, 15) is 22.8 Å². The molecule has 0 fully saturated rings. The summed E-state index contributed by atoms with van der Waals surface area (Å²) in [6.07, 6.45) is -5.64. The Morgan fingerprint density at radius 1 is 1.34 bits per heavy atom. The first-order valence-corrected chi connectivity index (χ1v) is 9.82. The summed E-state index contributed by atoms with van der Waals surface area (Å²) < 4.78 is 42.6. The Morgan fingerprint density at radius 3 is 2.76 bits per heavy atom. The van der Waals surface area contributed by atoms with Crippen LogP contribution in [-0.2, 0) is 16.1 Å². The summed E-state index contributed by atoms with van der Waals surface area (Å²) in [6.45, 7) is 4.44. The molecule has 1 aromatic carbocycles. The minimum atomic E-state index is -4.77. The number of hydrogen-bond donors (Lipinski definition) is 1. The van der Waals surface area contributed by atoms with E-state index < -0.39 is 30.5 Å². The van der Waals surface area contributed by atoms with E-state index >= 15 is 0 Å². The van der Waals surface area contributed by atoms with Crippen LogP contribution in [0.5, 0.6) is 0 Å². The van der Waals surface area contributed by atoms with Gasteiger partial charge in [0.2, 0.25) is 17.0 Å². The smallest absolute Gasteiger partial charge is 0.324 e. The van der Waals surface area contributed by atoms with Crippen LogP contribution in [-0.4, -0.2) is 50.0 Å². The van der Waals surface area contributed by atoms with Crippen molar-refractivity contribution in [1.82, 2.24) is 20.2 Å². The monoisotopic (exact) mass is 428 g/mol. The molecule has 0 saturated heterocycles. The van der Waals surface area contributed by atoms with Crippen LogP contribution in [0.25, 0.3) is 0 Å². The van der Waals surface area contributed by atoms with Crippen LogP contribution in [0.1, 0.15) is 20.3 Å². The van der Waals surface area contributed by atoms with Crippen LogP contribution < -0.4 is 10.2 Å². The Morgan fingerprint density at radius 2 is 2.07 bits per heavy atom. The fraction of sp³-hybridized carbons (Fsp3) is 0.471. The van der Waals surface area contributed by atoms with Gasteiger partial charge >= 0.3 is 6.18 Å². The number of benzene rings is 1. The molecule has 1 aliphatic rings. The van der Waals surface area contributed by atoms with Crippen molar-refractivity contribution in [3.05, 3.63) is 24.3 Å². The molecular weight excluding hydrogens is 409 g/mol. The molecule has 1 aliphatic heterocycles. The largest absolute Gasteiger partial charge is 0.409 e. The molecule has 1 N–H and O–H groups in total. The van der Waals surface area contributed by atoms with Gasteiger partial charge in [0.1, 0.15) is 6.04 Å². The van der Waals surface area contributed by atoms with E-state index in [4.69, 9.17) is 0 Å². The molecule has 1 atom stereocenters. The third-order valence-electron chi connectivity index (χ3n) is 4.14. The van der Waals surface area contributed by atoms with Gasteiger partial charge in [-0.15, -0.1) is 5.10 Å². The minimum Gasteiger partial charge on any atom is -0.324 e. The Kier molecular flexibility index (Phi) is 6.10. The number of anilines is 2. The average Bonchev–Trinajstić information content (AvgIpc) is 2.98. The number of para-hydroxylation sites is 2. The van der Waals surface area contributed by atoms with E-state index in [1.807, 2.05) is 13.8 Å². The number of thioether (sulfide) groups is 1. The van der Waals surface area contributed by atoms with Gasteiger partial charge < -0.3 is 5.32 Å². The predicted octanol–water partition coefficient (Wildman–Crippen LogP) is 2.73. The summed E-state index contributed by atoms with van der Waals surface area (Å²) in [5, 5.41) is 14.0. The van der Waals surface area contributed by atoms with E-state index in [2.05, 4.69) is 20.8 Å². The Bertz CT molecular complexity index is 901. The lowest BCUT2D eigenvalue weighted by Crippen LogP contribution is -2.50. The summed E-state index contributed by atoms with van der Waals surface area (Å²) in [5.74, 6) is -1.66. The van der Waals surface area contributed by atoms with Gasteiger partial charge in [0.25, 0.3) is 0 Å². The quantitative estimate of drug-likeness (QED) is 0.737. The molecule has 12 heteroatoms. The molecule has 0 radical (unpaired) electrons. The van der Waals surface area contributed by atoms with E-state index in [0.29, 0.717) is 16.6 Å². The topological polar surface area (TPSA) is 93.0 Å². The lowest BCUT2D eigenvalue weighted by atomic mass is 10.1. The molecule has 2 heterocycles. The molecule has 2 aromatic rings. The first-order chi connectivity index (χ1) is 13.7. The molecule has 29 heavy (non-hydrogen) atoms. The Balaban J connectivity index is 1.88. The van der Waals surface area contributed by atoms with Gasteiger partial charge in [-0.05, 0) is 28.5 Å². The summed E-state index contributed by atoms with van der Waals surface area (Å²) in [7, 11) is 0. The number of nitrogens with zero attached hydrogens (tertiary/aromatic N) is 5. The number of aromatic nitrogens is 4. The summed E-state index contributed by atoms with van der Waals surface area (Å²) >= 11 is 0.955. The maximum atomic E-state index is 13.7. The molecule has 0 aliphatic carbocycles. The van der Waals surface area contributed by atoms with Gasteiger partial charge in [-0.3, -0.25) is 14.5 Å². The second-order valence-corrected chi connectivity index (χ2v) is 7.86. The van der Waals surface area contributed by atoms with Crippen LogP contribution in [0, 0.1) is 5.92 Å². The number of tetrazole rings is 1. The highest BCUT2D eigenvalue weighted by molar-refractivity contribution is 7.99. The first-order valence-electron chi connectivity index (χ1n) is 8.83. The number of carbonyl (C=O) groups is 2. The molecule has 3 rings (SSSR count). The van der Waals surface area contributed by atoms with E-state index in [1.165, 1.54) is 22.9 Å². The van der Waals surface area contributed by atoms with Crippen molar-refractivity contribution in [3.8, 4) is 0 Å². The van der Waals surface area contributed by atoms with Crippen LogP contribution in [0.3, 0.4) is 0 Å². The highest BCUT2D eigenvalue weighted by atomic mass is 32.2. The normalized spacial score (nSPS) is 17.1. The zero-order valence-corrected chi connectivity index (χ0v) is 16.5. The zero-order valence-electron chi connectivity index (χ0n) is 15.7. The van der Waals surface area contributed by atoms with Gasteiger partial charge in [0.05, 0.1) is 23.5 Å². The van der Waals surface area contributed by atoms with Gasteiger partial charge in [-0.25, -0.2) is 4.68 Å². The van der Waals surface area contributed by atoms with Crippen molar-refractivity contribution in [2.45, 2.75) is 44.2 Å². The number of amides is 2. The van der Waals surface area contributed by atoms with E-state index in [-0.39, 0.29) is 23.0 Å². The molecule has 1 aromatic heterocycles. The number of halogens is 3. The number of rotatable bonds is 5. The van der Waals surface area contributed by atoms with Crippen molar-refractivity contribution >= 4 is 35.0 Å². The number of carbonyl (C=O) groups excluding carboxylic acids is 2. The Hall–Kier alpha value is -2.63. The SMILES string of the molecule is CC(C)Cn1nnnc1SCC(=O)N1c2ccccc2NC(=O)CC1C(F)(F)F. The van der Waals surface area contributed by atoms with E-state index in [1.54, 1.807) is 6.07 Å². The fourth-order valence-electron chi connectivity index (χ4n) is 2.95. The average molecular weight is 428 g/mol. The number of nitrogens with one attached hydrogen (secondary N) is 1. The third kappa shape index (κ3) is 4.86.